The van der Waals surface area contributed by atoms with E-state index in [-0.39, 0.29) is 5.54 Å². The third kappa shape index (κ3) is 1.79. The molecule has 0 amide bonds. The number of hydrogen-bond acceptors (Lipinski definition) is 2. The minimum absolute atomic E-state index is 0.228. The van der Waals surface area contributed by atoms with Gasteiger partial charge in [0.25, 0.3) is 0 Å². The van der Waals surface area contributed by atoms with Crippen molar-refractivity contribution >= 4 is 22.6 Å². The van der Waals surface area contributed by atoms with Crippen molar-refractivity contribution in [1.82, 2.24) is 9.55 Å². The van der Waals surface area contributed by atoms with Crippen LogP contribution in [0.3, 0.4) is 0 Å². The maximum atomic E-state index is 6.63. The van der Waals surface area contributed by atoms with Crippen molar-refractivity contribution in [3.8, 4) is 0 Å². The van der Waals surface area contributed by atoms with E-state index >= 15 is 0 Å². The third-order valence-electron chi connectivity index (χ3n) is 4.50. The second-order valence-electron chi connectivity index (χ2n) is 6.03. The summed E-state index contributed by atoms with van der Waals surface area (Å²) in [6.07, 6.45) is 7.03. The second kappa shape index (κ2) is 3.97. The zero-order valence-electron chi connectivity index (χ0n) is 10.9. The van der Waals surface area contributed by atoms with Gasteiger partial charge in [0, 0.05) is 11.1 Å². The smallest absolute Gasteiger partial charge is 0.130 e. The Morgan fingerprint density at radius 2 is 2.00 bits per heavy atom. The van der Waals surface area contributed by atoms with Crippen molar-refractivity contribution < 1.29 is 0 Å². The molecule has 2 aliphatic rings. The average molecular weight is 276 g/mol. The Balaban J connectivity index is 1.96. The highest BCUT2D eigenvalue weighted by Gasteiger charge is 2.39. The van der Waals surface area contributed by atoms with Gasteiger partial charge >= 0.3 is 0 Å². The van der Waals surface area contributed by atoms with Gasteiger partial charge in [-0.25, -0.2) is 4.98 Å². The molecule has 0 radical (unpaired) electrons. The summed E-state index contributed by atoms with van der Waals surface area (Å²) in [6.45, 7) is 0. The lowest BCUT2D eigenvalue weighted by molar-refractivity contribution is 0.411. The SMILES string of the molecule is NC1(c2nc3cc(Cl)ccc3n2C2CC2)CCCC1. The van der Waals surface area contributed by atoms with Crippen LogP contribution in [-0.4, -0.2) is 9.55 Å². The minimum atomic E-state index is -0.228. The Morgan fingerprint density at radius 1 is 1.26 bits per heavy atom. The van der Waals surface area contributed by atoms with Crippen molar-refractivity contribution in [2.75, 3.05) is 0 Å². The number of halogens is 1. The number of rotatable bonds is 2. The Hall–Kier alpha value is -1.06. The predicted molar refractivity (Wildman–Crippen MR) is 77.3 cm³/mol. The standard InChI is InChI=1S/C15H18ClN3/c16-10-3-6-13-12(9-10)18-14(19(13)11-4-5-11)15(17)7-1-2-8-15/h3,6,9,11H,1-2,4-5,7-8,17H2. The molecular weight excluding hydrogens is 258 g/mol. The van der Waals surface area contributed by atoms with Crippen LogP contribution in [0.15, 0.2) is 18.2 Å². The van der Waals surface area contributed by atoms with E-state index in [1.807, 2.05) is 12.1 Å². The van der Waals surface area contributed by atoms with Gasteiger partial charge in [0.05, 0.1) is 16.6 Å². The minimum Gasteiger partial charge on any atom is -0.323 e. The van der Waals surface area contributed by atoms with Crippen molar-refractivity contribution in [2.45, 2.75) is 50.1 Å². The average Bonchev–Trinajstić information content (AvgIpc) is 3.01. The molecule has 1 aromatic heterocycles. The van der Waals surface area contributed by atoms with Crippen LogP contribution in [0.4, 0.5) is 0 Å². The summed E-state index contributed by atoms with van der Waals surface area (Å²) < 4.78 is 2.39. The van der Waals surface area contributed by atoms with Crippen LogP contribution in [0.2, 0.25) is 5.02 Å². The largest absolute Gasteiger partial charge is 0.323 e. The first-order chi connectivity index (χ1) is 9.17. The Labute approximate surface area is 117 Å². The number of nitrogens with two attached hydrogens (primary N) is 1. The molecule has 0 atom stereocenters. The zero-order chi connectivity index (χ0) is 13.0. The zero-order valence-corrected chi connectivity index (χ0v) is 11.7. The van der Waals surface area contributed by atoms with Gasteiger partial charge in [-0.3, -0.25) is 0 Å². The number of hydrogen-bond donors (Lipinski definition) is 1. The number of benzene rings is 1. The lowest BCUT2D eigenvalue weighted by Crippen LogP contribution is -2.36. The van der Waals surface area contributed by atoms with Gasteiger partial charge in [-0.1, -0.05) is 24.4 Å². The molecule has 2 fully saturated rings. The summed E-state index contributed by atoms with van der Waals surface area (Å²) in [4.78, 5) is 4.84. The molecule has 100 valence electrons. The molecule has 1 aromatic carbocycles. The van der Waals surface area contributed by atoms with E-state index in [1.165, 1.54) is 31.2 Å². The molecule has 0 spiro atoms. The molecule has 4 rings (SSSR count). The number of fused-ring (bicyclic) bond motifs is 1. The lowest BCUT2D eigenvalue weighted by Gasteiger charge is -2.24. The van der Waals surface area contributed by atoms with Gasteiger partial charge in [0.2, 0.25) is 0 Å². The highest BCUT2D eigenvalue weighted by molar-refractivity contribution is 6.31. The summed E-state index contributed by atoms with van der Waals surface area (Å²) in [5.74, 6) is 1.09. The maximum absolute atomic E-state index is 6.63. The van der Waals surface area contributed by atoms with E-state index in [4.69, 9.17) is 22.3 Å². The first kappa shape index (κ1) is 11.7. The molecule has 0 aliphatic heterocycles. The highest BCUT2D eigenvalue weighted by atomic mass is 35.5. The van der Waals surface area contributed by atoms with Crippen molar-refractivity contribution in [1.29, 1.82) is 0 Å². The summed E-state index contributed by atoms with van der Waals surface area (Å²) in [6, 6.07) is 6.59. The van der Waals surface area contributed by atoms with E-state index in [2.05, 4.69) is 10.6 Å². The van der Waals surface area contributed by atoms with Crippen LogP contribution >= 0.6 is 11.6 Å². The van der Waals surface area contributed by atoms with Crippen molar-refractivity contribution in [3.05, 3.63) is 29.0 Å². The molecular formula is C15H18ClN3. The van der Waals surface area contributed by atoms with E-state index < -0.39 is 0 Å². The summed E-state index contributed by atoms with van der Waals surface area (Å²) in [5.41, 5.74) is 8.59. The van der Waals surface area contributed by atoms with Crippen molar-refractivity contribution in [2.24, 2.45) is 5.73 Å². The molecule has 2 N–H and O–H groups in total. The lowest BCUT2D eigenvalue weighted by atomic mass is 9.98. The molecule has 0 bridgehead atoms. The van der Waals surface area contributed by atoms with Crippen LogP contribution in [0, 0.1) is 0 Å². The molecule has 1 heterocycles. The number of aromatic nitrogens is 2. The molecule has 0 unspecified atom stereocenters. The first-order valence-electron chi connectivity index (χ1n) is 7.14. The normalized spacial score (nSPS) is 22.2. The molecule has 3 nitrogen and oxygen atoms in total. The van der Waals surface area contributed by atoms with Crippen LogP contribution < -0.4 is 5.73 Å². The highest BCUT2D eigenvalue weighted by Crippen LogP contribution is 2.44. The fourth-order valence-electron chi connectivity index (χ4n) is 3.35. The van der Waals surface area contributed by atoms with Gasteiger partial charge in [-0.2, -0.15) is 0 Å². The van der Waals surface area contributed by atoms with Gasteiger partial charge in [0.15, 0.2) is 0 Å². The Morgan fingerprint density at radius 3 is 2.68 bits per heavy atom. The topological polar surface area (TPSA) is 43.8 Å². The van der Waals surface area contributed by atoms with Crippen LogP contribution in [-0.2, 0) is 5.54 Å². The monoisotopic (exact) mass is 275 g/mol. The molecule has 19 heavy (non-hydrogen) atoms. The Kier molecular flexibility index (Phi) is 2.45. The molecule has 2 aliphatic carbocycles. The van der Waals surface area contributed by atoms with Gasteiger partial charge in [-0.15, -0.1) is 0 Å². The molecule has 0 saturated heterocycles. The summed E-state index contributed by atoms with van der Waals surface area (Å²) in [5, 5.41) is 0.747. The quantitative estimate of drug-likeness (QED) is 0.907. The fourth-order valence-corrected chi connectivity index (χ4v) is 3.52. The van der Waals surface area contributed by atoms with Gasteiger partial charge in [0.1, 0.15) is 5.82 Å². The second-order valence-corrected chi connectivity index (χ2v) is 6.47. The predicted octanol–water partition coefficient (Wildman–Crippen LogP) is 3.75. The maximum Gasteiger partial charge on any atom is 0.130 e. The van der Waals surface area contributed by atoms with Crippen LogP contribution in [0.1, 0.15) is 50.4 Å². The molecule has 4 heteroatoms. The van der Waals surface area contributed by atoms with Crippen LogP contribution in [0.5, 0.6) is 0 Å². The van der Waals surface area contributed by atoms with Crippen molar-refractivity contribution in [3.63, 3.8) is 0 Å². The van der Waals surface area contributed by atoms with Crippen LogP contribution in [0.25, 0.3) is 11.0 Å². The van der Waals surface area contributed by atoms with E-state index in [0.717, 1.165) is 29.2 Å². The van der Waals surface area contributed by atoms with E-state index in [1.54, 1.807) is 0 Å². The van der Waals surface area contributed by atoms with E-state index in [0.29, 0.717) is 6.04 Å². The van der Waals surface area contributed by atoms with Gasteiger partial charge < -0.3 is 10.3 Å². The summed E-state index contributed by atoms with van der Waals surface area (Å²) >= 11 is 6.09. The fraction of sp³-hybridized carbons (Fsp3) is 0.533. The summed E-state index contributed by atoms with van der Waals surface area (Å²) in [7, 11) is 0. The number of nitrogens with zero attached hydrogens (tertiary/aromatic N) is 2. The Bertz CT molecular complexity index is 636. The van der Waals surface area contributed by atoms with E-state index in [9.17, 15) is 0 Å². The number of imidazole rings is 1. The molecule has 2 saturated carbocycles. The third-order valence-corrected chi connectivity index (χ3v) is 4.74. The first-order valence-corrected chi connectivity index (χ1v) is 7.52. The molecule has 2 aromatic rings. The van der Waals surface area contributed by atoms with Gasteiger partial charge in [-0.05, 0) is 43.9 Å².